The fourth-order valence-corrected chi connectivity index (χ4v) is 4.85. The van der Waals surface area contributed by atoms with E-state index >= 15 is 0 Å². The van der Waals surface area contributed by atoms with Gasteiger partial charge >= 0.3 is 12.1 Å². The molecule has 6 rings (SSSR count). The summed E-state index contributed by atoms with van der Waals surface area (Å²) in [5, 5.41) is 12.1. The Morgan fingerprint density at radius 1 is 1.06 bits per heavy atom. The Morgan fingerprint density at radius 3 is 2.51 bits per heavy atom. The van der Waals surface area contributed by atoms with Gasteiger partial charge in [0.05, 0.1) is 12.3 Å². The van der Waals surface area contributed by atoms with Crippen LogP contribution >= 0.6 is 0 Å². The Kier molecular flexibility index (Phi) is 6.72. The van der Waals surface area contributed by atoms with Crippen LogP contribution in [0.25, 0.3) is 0 Å². The van der Waals surface area contributed by atoms with Crippen molar-refractivity contribution in [3.8, 4) is 5.75 Å². The number of amides is 1. The minimum absolute atomic E-state index is 0.0748. The summed E-state index contributed by atoms with van der Waals surface area (Å²) < 4.78 is 16.8. The van der Waals surface area contributed by atoms with Crippen LogP contribution in [0.15, 0.2) is 71.3 Å². The number of benzene rings is 2. The standard InChI is InChI=1S/C27H28N2O6/c30-26(31)23-13-18(17-34-23)16-33-22-8-4-7-21(14-22)25(20-5-2-1-3-6-20)28-27(32)35-24-15-29-11-9-19(24)10-12-29/h1-8,13-14,17,19,24-25H,9-12,15-16H2,(H,28,32)(H,30,31). The van der Waals surface area contributed by atoms with Gasteiger partial charge in [0.25, 0.3) is 0 Å². The highest BCUT2D eigenvalue weighted by molar-refractivity contribution is 5.84. The minimum atomic E-state index is -1.12. The van der Waals surface area contributed by atoms with E-state index in [1.807, 2.05) is 54.6 Å². The van der Waals surface area contributed by atoms with Gasteiger partial charge in [-0.15, -0.1) is 0 Å². The van der Waals surface area contributed by atoms with Crippen molar-refractivity contribution in [1.29, 1.82) is 0 Å². The number of furan rings is 1. The molecule has 1 aromatic heterocycles. The van der Waals surface area contributed by atoms with Crippen molar-refractivity contribution in [1.82, 2.24) is 10.2 Å². The van der Waals surface area contributed by atoms with E-state index in [1.54, 1.807) is 0 Å². The maximum atomic E-state index is 13.0. The molecule has 0 aliphatic carbocycles. The van der Waals surface area contributed by atoms with Gasteiger partial charge in [-0.3, -0.25) is 4.90 Å². The van der Waals surface area contributed by atoms with Crippen LogP contribution < -0.4 is 10.1 Å². The summed E-state index contributed by atoms with van der Waals surface area (Å²) in [7, 11) is 0. The highest BCUT2D eigenvalue weighted by Crippen LogP contribution is 2.30. The van der Waals surface area contributed by atoms with E-state index in [2.05, 4.69) is 10.2 Å². The molecular weight excluding hydrogens is 448 g/mol. The van der Waals surface area contributed by atoms with Gasteiger partial charge in [0, 0.05) is 12.1 Å². The number of alkyl carbamates (subject to hydrolysis) is 1. The number of carboxylic acids is 1. The Hall–Kier alpha value is -3.78. The molecule has 3 fully saturated rings. The van der Waals surface area contributed by atoms with Crippen molar-refractivity contribution >= 4 is 12.1 Å². The summed E-state index contributed by atoms with van der Waals surface area (Å²) in [5.74, 6) is -0.233. The van der Waals surface area contributed by atoms with E-state index in [0.717, 1.165) is 43.6 Å². The first-order valence-electron chi connectivity index (χ1n) is 11.8. The number of carboxylic acid groups (broad SMARTS) is 1. The largest absolute Gasteiger partial charge is 0.489 e. The molecule has 3 aliphatic rings. The van der Waals surface area contributed by atoms with Crippen LogP contribution in [0.3, 0.4) is 0 Å². The average molecular weight is 477 g/mol. The van der Waals surface area contributed by atoms with E-state index in [9.17, 15) is 9.59 Å². The lowest BCUT2D eigenvalue weighted by Crippen LogP contribution is -2.52. The highest BCUT2D eigenvalue weighted by atomic mass is 16.6. The zero-order valence-electron chi connectivity index (χ0n) is 19.3. The van der Waals surface area contributed by atoms with E-state index in [0.29, 0.717) is 17.2 Å². The molecule has 3 saturated heterocycles. The number of carbonyl (C=O) groups is 2. The van der Waals surface area contributed by atoms with Crippen LogP contribution in [0.2, 0.25) is 0 Å². The summed E-state index contributed by atoms with van der Waals surface area (Å²) in [5.41, 5.74) is 2.39. The average Bonchev–Trinajstić information content (AvgIpc) is 3.37. The second-order valence-electron chi connectivity index (χ2n) is 9.06. The quantitative estimate of drug-likeness (QED) is 0.495. The molecule has 3 aliphatic heterocycles. The second kappa shape index (κ2) is 10.2. The number of nitrogens with one attached hydrogen (secondary N) is 1. The number of aromatic carboxylic acids is 1. The first-order chi connectivity index (χ1) is 17.0. The van der Waals surface area contributed by atoms with Crippen molar-refractivity contribution in [2.45, 2.75) is 31.6 Å². The van der Waals surface area contributed by atoms with Crippen LogP contribution in [-0.4, -0.2) is 47.8 Å². The molecule has 182 valence electrons. The van der Waals surface area contributed by atoms with Crippen molar-refractivity contribution < 1.29 is 28.6 Å². The van der Waals surface area contributed by atoms with Crippen LogP contribution in [0.4, 0.5) is 4.79 Å². The van der Waals surface area contributed by atoms with Gasteiger partial charge in [0.15, 0.2) is 0 Å². The predicted octanol–water partition coefficient (Wildman–Crippen LogP) is 4.47. The van der Waals surface area contributed by atoms with Gasteiger partial charge in [-0.05, 0) is 61.2 Å². The fourth-order valence-electron chi connectivity index (χ4n) is 4.85. The number of hydrogen-bond acceptors (Lipinski definition) is 6. The third kappa shape index (κ3) is 5.49. The molecule has 8 nitrogen and oxygen atoms in total. The lowest BCUT2D eigenvalue weighted by molar-refractivity contribution is -0.0336. The molecule has 0 spiro atoms. The van der Waals surface area contributed by atoms with Gasteiger partial charge in [0.2, 0.25) is 5.76 Å². The van der Waals surface area contributed by atoms with E-state index < -0.39 is 18.1 Å². The molecule has 2 N–H and O–H groups in total. The molecule has 1 amide bonds. The Labute approximate surface area is 203 Å². The summed E-state index contributed by atoms with van der Waals surface area (Å²) >= 11 is 0. The second-order valence-corrected chi connectivity index (χ2v) is 9.06. The Morgan fingerprint density at radius 2 is 1.83 bits per heavy atom. The maximum Gasteiger partial charge on any atom is 0.408 e. The maximum absolute atomic E-state index is 13.0. The molecule has 35 heavy (non-hydrogen) atoms. The molecule has 2 atom stereocenters. The van der Waals surface area contributed by atoms with Crippen molar-refractivity contribution in [3.63, 3.8) is 0 Å². The summed E-state index contributed by atoms with van der Waals surface area (Å²) in [6.07, 6.45) is 3.01. The molecular formula is C27H28N2O6. The lowest BCUT2D eigenvalue weighted by Gasteiger charge is -2.43. The van der Waals surface area contributed by atoms with Crippen LogP contribution in [0.1, 0.15) is 46.1 Å². The number of hydrogen-bond donors (Lipinski definition) is 2. The van der Waals surface area contributed by atoms with Crippen LogP contribution in [0.5, 0.6) is 5.75 Å². The first-order valence-corrected chi connectivity index (χ1v) is 11.8. The first kappa shape index (κ1) is 23.0. The summed E-state index contributed by atoms with van der Waals surface area (Å²) in [6.45, 7) is 3.13. The van der Waals surface area contributed by atoms with Gasteiger partial charge in [0.1, 0.15) is 18.5 Å². The topological polar surface area (TPSA) is 101 Å². The predicted molar refractivity (Wildman–Crippen MR) is 127 cm³/mol. The third-order valence-corrected chi connectivity index (χ3v) is 6.71. The molecule has 2 bridgehead atoms. The van der Waals surface area contributed by atoms with Gasteiger partial charge < -0.3 is 24.3 Å². The Bertz CT molecular complexity index is 1170. The van der Waals surface area contributed by atoms with Crippen molar-refractivity contribution in [2.24, 2.45) is 5.92 Å². The zero-order chi connectivity index (χ0) is 24.2. The minimum Gasteiger partial charge on any atom is -0.489 e. The number of carbonyl (C=O) groups excluding carboxylic acids is 1. The molecule has 2 unspecified atom stereocenters. The van der Waals surface area contributed by atoms with E-state index in [4.69, 9.17) is 19.0 Å². The molecule has 4 heterocycles. The SMILES string of the molecule is O=C(NC(c1ccccc1)c1cccc(OCc2coc(C(=O)O)c2)c1)OC1CN2CCC1CC2. The number of rotatable bonds is 8. The van der Waals surface area contributed by atoms with Crippen molar-refractivity contribution in [3.05, 3.63) is 89.4 Å². The zero-order valence-corrected chi connectivity index (χ0v) is 19.3. The number of nitrogens with zero attached hydrogens (tertiary/aromatic N) is 1. The smallest absolute Gasteiger partial charge is 0.408 e. The summed E-state index contributed by atoms with van der Waals surface area (Å²) in [6, 6.07) is 18.2. The molecule has 3 aromatic rings. The monoisotopic (exact) mass is 476 g/mol. The van der Waals surface area contributed by atoms with Gasteiger partial charge in [-0.2, -0.15) is 0 Å². The molecule has 0 radical (unpaired) electrons. The molecule has 0 saturated carbocycles. The van der Waals surface area contributed by atoms with Gasteiger partial charge in [-0.25, -0.2) is 9.59 Å². The van der Waals surface area contributed by atoms with Crippen molar-refractivity contribution in [2.75, 3.05) is 19.6 Å². The number of ether oxygens (including phenoxy) is 2. The molecule has 8 heteroatoms. The van der Waals surface area contributed by atoms with Crippen LogP contribution in [-0.2, 0) is 11.3 Å². The van der Waals surface area contributed by atoms with Gasteiger partial charge in [-0.1, -0.05) is 42.5 Å². The fraction of sp³-hybridized carbons (Fsp3) is 0.333. The molecule has 2 aromatic carbocycles. The lowest BCUT2D eigenvalue weighted by atomic mass is 9.86. The number of fused-ring (bicyclic) bond motifs is 3. The highest BCUT2D eigenvalue weighted by Gasteiger charge is 2.36. The van der Waals surface area contributed by atoms with Crippen LogP contribution in [0, 0.1) is 5.92 Å². The van der Waals surface area contributed by atoms with E-state index in [1.165, 1.54) is 12.3 Å². The Balaban J connectivity index is 1.29. The normalized spacial score (nSPS) is 21.8. The summed E-state index contributed by atoms with van der Waals surface area (Å²) in [4.78, 5) is 26.3. The number of piperidine rings is 3. The third-order valence-electron chi connectivity index (χ3n) is 6.71. The van der Waals surface area contributed by atoms with E-state index in [-0.39, 0.29) is 18.5 Å².